The van der Waals surface area contributed by atoms with Crippen molar-refractivity contribution in [2.24, 2.45) is 0 Å². The van der Waals surface area contributed by atoms with Gasteiger partial charge in [0.05, 0.1) is 23.4 Å². The quantitative estimate of drug-likeness (QED) is 0.768. The molecule has 0 aliphatic rings. The molecule has 0 saturated carbocycles. The number of carbonyl (C=O) groups excluding carboxylic acids is 1. The van der Waals surface area contributed by atoms with E-state index in [1.807, 2.05) is 0 Å². The number of ether oxygens (including phenoxy) is 1. The molecule has 0 unspecified atom stereocenters. The Morgan fingerprint density at radius 1 is 1.16 bits per heavy atom. The maximum Gasteiger partial charge on any atom is 0.411 e. The van der Waals surface area contributed by atoms with Crippen LogP contribution in [0.5, 0.6) is 0 Å². The van der Waals surface area contributed by atoms with E-state index in [9.17, 15) is 14.4 Å². The highest BCUT2D eigenvalue weighted by Crippen LogP contribution is 2.22. The predicted molar refractivity (Wildman–Crippen MR) is 65.7 cm³/mol. The van der Waals surface area contributed by atoms with Gasteiger partial charge < -0.3 is 14.9 Å². The topological polar surface area (TPSA) is 113 Å². The highest BCUT2D eigenvalue weighted by molar-refractivity contribution is 6.02. The number of hydrogen-bond donors (Lipinski definition) is 3. The average molecular weight is 267 g/mol. The summed E-state index contributed by atoms with van der Waals surface area (Å²) in [6.07, 6.45) is -0.799. The van der Waals surface area contributed by atoms with Gasteiger partial charge in [-0.05, 0) is 31.5 Å². The number of benzene rings is 1. The van der Waals surface area contributed by atoms with Gasteiger partial charge in [-0.2, -0.15) is 0 Å². The van der Waals surface area contributed by atoms with Crippen molar-refractivity contribution in [1.29, 1.82) is 0 Å². The van der Waals surface area contributed by atoms with Crippen molar-refractivity contribution in [3.05, 3.63) is 28.8 Å². The van der Waals surface area contributed by atoms with E-state index in [0.29, 0.717) is 5.56 Å². The van der Waals surface area contributed by atoms with Gasteiger partial charge in [-0.25, -0.2) is 14.4 Å². The minimum atomic E-state index is -1.34. The molecule has 1 amide bonds. The van der Waals surface area contributed by atoms with Gasteiger partial charge in [0.15, 0.2) is 0 Å². The van der Waals surface area contributed by atoms with Crippen LogP contribution in [0.25, 0.3) is 0 Å². The SMILES string of the molecule is CCOC(=O)Nc1cc(C)c(C(=O)O)cc1C(=O)O. The minimum Gasteiger partial charge on any atom is -0.478 e. The first-order valence-electron chi connectivity index (χ1n) is 5.41. The van der Waals surface area contributed by atoms with Crippen LogP contribution in [0.2, 0.25) is 0 Å². The molecular weight excluding hydrogens is 254 g/mol. The van der Waals surface area contributed by atoms with Gasteiger partial charge in [0.1, 0.15) is 0 Å². The van der Waals surface area contributed by atoms with E-state index in [-0.39, 0.29) is 23.4 Å². The van der Waals surface area contributed by atoms with Crippen LogP contribution in [0.1, 0.15) is 33.2 Å². The molecule has 0 saturated heterocycles. The van der Waals surface area contributed by atoms with Gasteiger partial charge >= 0.3 is 18.0 Å². The molecule has 0 spiro atoms. The largest absolute Gasteiger partial charge is 0.478 e. The Kier molecular flexibility index (Phi) is 4.46. The van der Waals surface area contributed by atoms with E-state index in [2.05, 4.69) is 10.1 Å². The molecule has 7 heteroatoms. The Bertz CT molecular complexity index is 537. The Morgan fingerprint density at radius 3 is 2.21 bits per heavy atom. The summed E-state index contributed by atoms with van der Waals surface area (Å²) in [4.78, 5) is 33.3. The normalized spacial score (nSPS) is 9.79. The number of carboxylic acids is 2. The summed E-state index contributed by atoms with van der Waals surface area (Å²) in [5.74, 6) is -2.57. The molecule has 0 aliphatic heterocycles. The Labute approximate surface area is 108 Å². The monoisotopic (exact) mass is 267 g/mol. The van der Waals surface area contributed by atoms with Crippen molar-refractivity contribution in [2.45, 2.75) is 13.8 Å². The lowest BCUT2D eigenvalue weighted by molar-refractivity contribution is 0.0695. The smallest absolute Gasteiger partial charge is 0.411 e. The molecule has 0 bridgehead atoms. The number of hydrogen-bond acceptors (Lipinski definition) is 4. The number of rotatable bonds is 4. The molecule has 0 fully saturated rings. The molecule has 0 aliphatic carbocycles. The van der Waals surface area contributed by atoms with E-state index in [1.54, 1.807) is 6.92 Å². The third-order valence-electron chi connectivity index (χ3n) is 2.34. The molecular formula is C12H13NO6. The van der Waals surface area contributed by atoms with Crippen molar-refractivity contribution in [2.75, 3.05) is 11.9 Å². The van der Waals surface area contributed by atoms with E-state index in [4.69, 9.17) is 10.2 Å². The molecule has 1 aromatic rings. The summed E-state index contributed by atoms with van der Waals surface area (Å²) in [7, 11) is 0. The number of carbonyl (C=O) groups is 3. The molecule has 19 heavy (non-hydrogen) atoms. The van der Waals surface area contributed by atoms with Crippen LogP contribution in [-0.4, -0.2) is 34.9 Å². The highest BCUT2D eigenvalue weighted by Gasteiger charge is 2.18. The van der Waals surface area contributed by atoms with Gasteiger partial charge in [0.25, 0.3) is 0 Å². The number of anilines is 1. The van der Waals surface area contributed by atoms with Crippen molar-refractivity contribution < 1.29 is 29.3 Å². The second kappa shape index (κ2) is 5.85. The zero-order valence-electron chi connectivity index (χ0n) is 10.4. The van der Waals surface area contributed by atoms with Crippen LogP contribution >= 0.6 is 0 Å². The Hall–Kier alpha value is -2.57. The number of aryl methyl sites for hydroxylation is 1. The lowest BCUT2D eigenvalue weighted by Crippen LogP contribution is -2.17. The Balaban J connectivity index is 3.23. The van der Waals surface area contributed by atoms with Crippen LogP contribution in [0.4, 0.5) is 10.5 Å². The van der Waals surface area contributed by atoms with Gasteiger partial charge in [0.2, 0.25) is 0 Å². The maximum atomic E-state index is 11.3. The molecule has 0 aromatic heterocycles. The molecule has 102 valence electrons. The molecule has 3 N–H and O–H groups in total. The van der Waals surface area contributed by atoms with Crippen molar-refractivity contribution in [1.82, 2.24) is 0 Å². The standard InChI is InChI=1S/C12H13NO6/c1-3-19-12(18)13-9-4-6(2)7(10(14)15)5-8(9)11(16)17/h4-5H,3H2,1-2H3,(H,13,18)(H,14,15)(H,16,17). The number of aromatic carboxylic acids is 2. The zero-order valence-corrected chi connectivity index (χ0v) is 10.4. The van der Waals surface area contributed by atoms with E-state index in [0.717, 1.165) is 6.07 Å². The highest BCUT2D eigenvalue weighted by atomic mass is 16.5. The summed E-state index contributed by atoms with van der Waals surface area (Å²) >= 11 is 0. The second-order valence-electron chi connectivity index (χ2n) is 3.67. The predicted octanol–water partition coefficient (Wildman–Crippen LogP) is 1.96. The van der Waals surface area contributed by atoms with E-state index >= 15 is 0 Å². The molecule has 1 aromatic carbocycles. The fourth-order valence-corrected chi connectivity index (χ4v) is 1.50. The van der Waals surface area contributed by atoms with Crippen molar-refractivity contribution in [3.8, 4) is 0 Å². The number of nitrogens with one attached hydrogen (secondary N) is 1. The maximum absolute atomic E-state index is 11.3. The first-order chi connectivity index (χ1) is 8.86. The Morgan fingerprint density at radius 2 is 1.74 bits per heavy atom. The zero-order chi connectivity index (χ0) is 14.6. The minimum absolute atomic E-state index is 0.00606. The van der Waals surface area contributed by atoms with Gasteiger partial charge in [-0.1, -0.05) is 0 Å². The molecule has 7 nitrogen and oxygen atoms in total. The van der Waals surface area contributed by atoms with Crippen molar-refractivity contribution in [3.63, 3.8) is 0 Å². The summed E-state index contributed by atoms with van der Waals surface area (Å²) in [6.45, 7) is 3.25. The lowest BCUT2D eigenvalue weighted by Gasteiger charge is -2.11. The van der Waals surface area contributed by atoms with Crippen LogP contribution in [0, 0.1) is 6.92 Å². The summed E-state index contributed by atoms with van der Waals surface area (Å²) in [5, 5.41) is 20.2. The van der Waals surface area contributed by atoms with Crippen LogP contribution in [0.3, 0.4) is 0 Å². The van der Waals surface area contributed by atoms with E-state index < -0.39 is 18.0 Å². The van der Waals surface area contributed by atoms with Crippen LogP contribution in [0.15, 0.2) is 12.1 Å². The fourth-order valence-electron chi connectivity index (χ4n) is 1.50. The van der Waals surface area contributed by atoms with Crippen LogP contribution in [-0.2, 0) is 4.74 Å². The first-order valence-corrected chi connectivity index (χ1v) is 5.41. The number of carboxylic acid groups (broad SMARTS) is 2. The molecule has 0 heterocycles. The molecule has 1 rings (SSSR count). The van der Waals surface area contributed by atoms with Gasteiger partial charge in [0, 0.05) is 0 Å². The number of amides is 1. The second-order valence-corrected chi connectivity index (χ2v) is 3.67. The molecule has 0 atom stereocenters. The summed E-state index contributed by atoms with van der Waals surface area (Å²) in [6, 6.07) is 2.28. The summed E-state index contributed by atoms with van der Waals surface area (Å²) < 4.78 is 4.64. The van der Waals surface area contributed by atoms with E-state index in [1.165, 1.54) is 13.0 Å². The first kappa shape index (κ1) is 14.5. The van der Waals surface area contributed by atoms with Gasteiger partial charge in [-0.3, -0.25) is 5.32 Å². The third kappa shape index (κ3) is 3.44. The fraction of sp³-hybridized carbons (Fsp3) is 0.250. The van der Waals surface area contributed by atoms with Crippen LogP contribution < -0.4 is 5.32 Å². The molecule has 0 radical (unpaired) electrons. The van der Waals surface area contributed by atoms with Crippen molar-refractivity contribution >= 4 is 23.7 Å². The lowest BCUT2D eigenvalue weighted by atomic mass is 10.0. The summed E-state index contributed by atoms with van der Waals surface area (Å²) in [5.41, 5.74) is -0.111. The van der Waals surface area contributed by atoms with Gasteiger partial charge in [-0.15, -0.1) is 0 Å². The third-order valence-corrected chi connectivity index (χ3v) is 2.34. The average Bonchev–Trinajstić information content (AvgIpc) is 2.28.